The van der Waals surface area contributed by atoms with Crippen LogP contribution in [0.25, 0.3) is 0 Å². The number of halogens is 1. The van der Waals surface area contributed by atoms with Crippen molar-refractivity contribution in [1.29, 1.82) is 0 Å². The topological polar surface area (TPSA) is 60.8 Å². The molecular weight excluding hydrogens is 273 g/mol. The van der Waals surface area contributed by atoms with Gasteiger partial charge in [-0.1, -0.05) is 6.92 Å². The summed E-state index contributed by atoms with van der Waals surface area (Å²) >= 11 is 0. The standard InChI is InChI=1S/C16H22FNO3/c1-11(5-16(20)21)13-3-2-4-18(10-13)9-12-6-14(17)8-15(19)7-12/h6-8,11,13,19H,2-5,9-10H2,1H3,(H,20,21). The maximum atomic E-state index is 13.3. The third-order valence-electron chi connectivity index (χ3n) is 4.19. The van der Waals surface area contributed by atoms with E-state index < -0.39 is 11.8 Å². The number of hydrogen-bond donors (Lipinski definition) is 2. The highest BCUT2D eigenvalue weighted by Gasteiger charge is 2.26. The van der Waals surface area contributed by atoms with Crippen LogP contribution >= 0.6 is 0 Å². The van der Waals surface area contributed by atoms with Crippen molar-refractivity contribution in [2.75, 3.05) is 13.1 Å². The number of nitrogens with zero attached hydrogens (tertiary/aromatic N) is 1. The Labute approximate surface area is 124 Å². The number of benzene rings is 1. The maximum absolute atomic E-state index is 13.3. The fraction of sp³-hybridized carbons (Fsp3) is 0.562. The number of hydrogen-bond acceptors (Lipinski definition) is 3. The predicted octanol–water partition coefficient (Wildman–Crippen LogP) is 2.85. The lowest BCUT2D eigenvalue weighted by Crippen LogP contribution is -2.37. The molecular formula is C16H22FNO3. The lowest BCUT2D eigenvalue weighted by atomic mass is 9.84. The van der Waals surface area contributed by atoms with Gasteiger partial charge in [-0.3, -0.25) is 9.69 Å². The van der Waals surface area contributed by atoms with Gasteiger partial charge in [0.25, 0.3) is 0 Å². The molecule has 4 nitrogen and oxygen atoms in total. The average Bonchev–Trinajstić information content (AvgIpc) is 2.37. The van der Waals surface area contributed by atoms with Gasteiger partial charge >= 0.3 is 5.97 Å². The van der Waals surface area contributed by atoms with Crippen LogP contribution in [-0.4, -0.2) is 34.2 Å². The normalized spacial score (nSPS) is 21.1. The predicted molar refractivity (Wildman–Crippen MR) is 77.5 cm³/mol. The van der Waals surface area contributed by atoms with Crippen molar-refractivity contribution in [2.24, 2.45) is 11.8 Å². The minimum absolute atomic E-state index is 0.0576. The van der Waals surface area contributed by atoms with Gasteiger partial charge in [-0.25, -0.2) is 4.39 Å². The summed E-state index contributed by atoms with van der Waals surface area (Å²) in [5.74, 6) is -0.742. The van der Waals surface area contributed by atoms with Crippen molar-refractivity contribution in [3.05, 3.63) is 29.6 Å². The number of phenols is 1. The van der Waals surface area contributed by atoms with Crippen LogP contribution in [0.1, 0.15) is 31.7 Å². The van der Waals surface area contributed by atoms with Gasteiger partial charge in [0.15, 0.2) is 0 Å². The summed E-state index contributed by atoms with van der Waals surface area (Å²) in [6.45, 7) is 4.32. The minimum atomic E-state index is -0.755. The molecule has 0 saturated carbocycles. The van der Waals surface area contributed by atoms with Gasteiger partial charge in [-0.05, 0) is 48.9 Å². The first-order valence-electron chi connectivity index (χ1n) is 7.36. The van der Waals surface area contributed by atoms with Crippen molar-refractivity contribution < 1.29 is 19.4 Å². The van der Waals surface area contributed by atoms with E-state index in [9.17, 15) is 14.3 Å². The van der Waals surface area contributed by atoms with Crippen LogP contribution in [0.15, 0.2) is 18.2 Å². The molecule has 5 heteroatoms. The largest absolute Gasteiger partial charge is 0.508 e. The van der Waals surface area contributed by atoms with Crippen molar-refractivity contribution in [3.63, 3.8) is 0 Å². The summed E-state index contributed by atoms with van der Waals surface area (Å²) in [5, 5.41) is 18.3. The van der Waals surface area contributed by atoms with Gasteiger partial charge in [-0.15, -0.1) is 0 Å². The van der Waals surface area contributed by atoms with E-state index >= 15 is 0 Å². The summed E-state index contributed by atoms with van der Waals surface area (Å²) < 4.78 is 13.3. The summed E-state index contributed by atoms with van der Waals surface area (Å²) in [5.41, 5.74) is 0.749. The number of likely N-dealkylation sites (tertiary alicyclic amines) is 1. The molecule has 0 spiro atoms. The van der Waals surface area contributed by atoms with E-state index in [1.165, 1.54) is 6.07 Å². The maximum Gasteiger partial charge on any atom is 0.303 e. The van der Waals surface area contributed by atoms with Gasteiger partial charge in [0, 0.05) is 25.6 Å². The monoisotopic (exact) mass is 295 g/mol. The molecule has 0 amide bonds. The number of rotatable bonds is 5. The molecule has 2 atom stereocenters. The third-order valence-corrected chi connectivity index (χ3v) is 4.19. The lowest BCUT2D eigenvalue weighted by Gasteiger charge is -2.35. The zero-order valence-electron chi connectivity index (χ0n) is 12.3. The van der Waals surface area contributed by atoms with Crippen molar-refractivity contribution >= 4 is 5.97 Å². The molecule has 1 aliphatic heterocycles. The number of phenolic OH excluding ortho intramolecular Hbond substituents is 1. The molecule has 0 aromatic heterocycles. The second-order valence-corrected chi connectivity index (χ2v) is 6.03. The number of carbonyl (C=O) groups is 1. The van der Waals surface area contributed by atoms with Gasteiger partial charge in [0.2, 0.25) is 0 Å². The molecule has 1 saturated heterocycles. The summed E-state index contributed by atoms with van der Waals surface area (Å²) in [6, 6.07) is 4.11. The van der Waals surface area contributed by atoms with Crippen LogP contribution < -0.4 is 0 Å². The van der Waals surface area contributed by atoms with E-state index in [0.717, 1.165) is 37.6 Å². The van der Waals surface area contributed by atoms with Crippen LogP contribution in [0.5, 0.6) is 5.75 Å². The third kappa shape index (κ3) is 4.70. The molecule has 21 heavy (non-hydrogen) atoms. The number of carboxylic acid groups (broad SMARTS) is 1. The van der Waals surface area contributed by atoms with Gasteiger partial charge < -0.3 is 10.2 Å². The molecule has 2 rings (SSSR count). The summed E-state index contributed by atoms with van der Waals surface area (Å²) in [7, 11) is 0. The second kappa shape index (κ2) is 6.89. The van der Waals surface area contributed by atoms with E-state index in [0.29, 0.717) is 12.5 Å². The van der Waals surface area contributed by atoms with E-state index in [1.54, 1.807) is 6.07 Å². The molecule has 1 aromatic carbocycles. The zero-order valence-corrected chi connectivity index (χ0v) is 12.3. The molecule has 1 heterocycles. The quantitative estimate of drug-likeness (QED) is 0.877. The molecule has 1 aromatic rings. The first-order chi connectivity index (χ1) is 9.94. The van der Waals surface area contributed by atoms with E-state index in [1.807, 2.05) is 6.92 Å². The fourth-order valence-corrected chi connectivity index (χ4v) is 3.12. The van der Waals surface area contributed by atoms with Crippen LogP contribution in [0.2, 0.25) is 0 Å². The van der Waals surface area contributed by atoms with E-state index in [-0.39, 0.29) is 18.1 Å². The Kier molecular flexibility index (Phi) is 5.17. The van der Waals surface area contributed by atoms with Crippen molar-refractivity contribution in [2.45, 2.75) is 32.7 Å². The van der Waals surface area contributed by atoms with E-state index in [2.05, 4.69) is 4.90 Å². The first kappa shape index (κ1) is 15.8. The smallest absolute Gasteiger partial charge is 0.303 e. The number of carboxylic acids is 1. The fourth-order valence-electron chi connectivity index (χ4n) is 3.12. The minimum Gasteiger partial charge on any atom is -0.508 e. The average molecular weight is 295 g/mol. The second-order valence-electron chi connectivity index (χ2n) is 6.03. The van der Waals surface area contributed by atoms with Crippen LogP contribution in [0.4, 0.5) is 4.39 Å². The van der Waals surface area contributed by atoms with Gasteiger partial charge in [0.05, 0.1) is 0 Å². The molecule has 2 unspecified atom stereocenters. The van der Waals surface area contributed by atoms with Crippen molar-refractivity contribution in [1.82, 2.24) is 4.90 Å². The molecule has 116 valence electrons. The highest BCUT2D eigenvalue weighted by atomic mass is 19.1. The molecule has 1 fully saturated rings. The Bertz CT molecular complexity index is 486. The first-order valence-corrected chi connectivity index (χ1v) is 7.36. The molecule has 1 aliphatic rings. The Morgan fingerprint density at radius 1 is 1.48 bits per heavy atom. The molecule has 0 aliphatic carbocycles. The number of aromatic hydroxyl groups is 1. The van der Waals surface area contributed by atoms with Crippen LogP contribution in [0.3, 0.4) is 0 Å². The van der Waals surface area contributed by atoms with Gasteiger partial charge in [0.1, 0.15) is 11.6 Å². The zero-order chi connectivity index (χ0) is 15.4. The Morgan fingerprint density at radius 3 is 2.90 bits per heavy atom. The lowest BCUT2D eigenvalue weighted by molar-refractivity contribution is -0.138. The highest BCUT2D eigenvalue weighted by Crippen LogP contribution is 2.27. The number of piperidine rings is 1. The SMILES string of the molecule is CC(CC(=O)O)C1CCCN(Cc2cc(O)cc(F)c2)C1. The van der Waals surface area contributed by atoms with Gasteiger partial charge in [-0.2, -0.15) is 0 Å². The van der Waals surface area contributed by atoms with Crippen molar-refractivity contribution in [3.8, 4) is 5.75 Å². The summed E-state index contributed by atoms with van der Waals surface area (Å²) in [4.78, 5) is 13.0. The Morgan fingerprint density at radius 2 is 2.24 bits per heavy atom. The van der Waals surface area contributed by atoms with Crippen LogP contribution in [-0.2, 0) is 11.3 Å². The molecule has 0 radical (unpaired) electrons. The Hall–Kier alpha value is -1.62. The summed E-state index contributed by atoms with van der Waals surface area (Å²) in [6.07, 6.45) is 2.26. The van der Waals surface area contributed by atoms with Crippen LogP contribution in [0, 0.1) is 17.7 Å². The Balaban J connectivity index is 1.96. The molecule has 0 bridgehead atoms. The number of aliphatic carboxylic acids is 1. The molecule has 2 N–H and O–H groups in total. The van der Waals surface area contributed by atoms with E-state index in [4.69, 9.17) is 5.11 Å². The highest BCUT2D eigenvalue weighted by molar-refractivity contribution is 5.67.